The van der Waals surface area contributed by atoms with E-state index in [9.17, 15) is 0 Å². The van der Waals surface area contributed by atoms with Crippen LogP contribution >= 0.6 is 0 Å². The van der Waals surface area contributed by atoms with Crippen LogP contribution in [0, 0.1) is 24.3 Å². The second-order valence-electron chi connectivity index (χ2n) is 31.2. The first kappa shape index (κ1) is 75.4. The van der Waals surface area contributed by atoms with E-state index in [0.29, 0.717) is 17.4 Å². The second kappa shape index (κ2) is 33.6. The third-order valence-corrected chi connectivity index (χ3v) is 32.9. The molecule has 0 spiro atoms. The molecule has 0 unspecified atom stereocenters. The molecule has 0 saturated heterocycles. The number of imidazole rings is 2. The van der Waals surface area contributed by atoms with E-state index in [-0.39, 0.29) is 42.1 Å². The fourth-order valence-corrected chi connectivity index (χ4v) is 27.4. The number of rotatable bonds is 17. The molecule has 0 aliphatic rings. The smallest absolute Gasteiger partial charge is 0.188 e. The summed E-state index contributed by atoms with van der Waals surface area (Å²) in [5.74, 6) is 2.45. The van der Waals surface area contributed by atoms with Gasteiger partial charge in [0.2, 0.25) is 0 Å². The molecule has 0 aliphatic carbocycles. The zero-order valence-corrected chi connectivity index (χ0v) is 73.6. The van der Waals surface area contributed by atoms with Gasteiger partial charge in [0.15, 0.2) is 34.7 Å². The molecular formula is C109H84N8Pt2Si2-2. The zero-order chi connectivity index (χ0) is 82.6. The third kappa shape index (κ3) is 13.9. The standard InChI is InChI=1S/C57H43N4Si.C52H41N4Si.2Pt/c1-41(2)49-27-12-13-28-50(49)42-35-36-58-57(37-42)61-53-30-15-14-29-51(53)52-34-33-48(39-56(52)61)62(45-22-8-4-9-23-45,46-24-10-5-11-25-46)47-26-18-21-44(38-47)60-40-59(43-19-6-3-7-20-43)54-31-16-17-32-55(54)60;1-37(2)44-23-10-11-24-45(44)38-31-32-53-52(33-38)56-48-26-13-12-25-46(48)47-30-29-43(35-51(47)56)57(40-18-6-4-7-19-40,41-20-8-5-9-21-41)42-22-16-17-39(34-42)55-36-54(3)49-27-14-15-28-50(49)55;;/h3-37,40-41H,1-2H3;4-33,36-37H,1-3H3;;/q2*-1;;/i;3D3;;. The van der Waals surface area contributed by atoms with Crippen molar-refractivity contribution in [2.24, 2.45) is 6.98 Å². The predicted octanol–water partition coefficient (Wildman–Crippen LogP) is 20.5. The molecule has 0 bridgehead atoms. The molecule has 12 heteroatoms. The summed E-state index contributed by atoms with van der Waals surface area (Å²) in [6.07, 6.45) is 7.74. The third-order valence-electron chi connectivity index (χ3n) is 23.7. The molecule has 0 radical (unpaired) electrons. The van der Waals surface area contributed by atoms with Crippen LogP contribution in [0.1, 0.15) is 54.8 Å². The van der Waals surface area contributed by atoms with Gasteiger partial charge in [-0.2, -0.15) is 80.8 Å². The molecule has 0 N–H and O–H groups in total. The van der Waals surface area contributed by atoms with Crippen molar-refractivity contribution in [3.8, 4) is 51.0 Å². The van der Waals surface area contributed by atoms with Gasteiger partial charge in [0.25, 0.3) is 0 Å². The molecule has 6 aromatic heterocycles. The van der Waals surface area contributed by atoms with Crippen LogP contribution in [0.15, 0.2) is 407 Å². The summed E-state index contributed by atoms with van der Waals surface area (Å²) in [6, 6.07) is 152. The van der Waals surface area contributed by atoms with Crippen molar-refractivity contribution in [3.05, 3.63) is 443 Å². The van der Waals surface area contributed by atoms with Gasteiger partial charge in [0.1, 0.15) is 33.5 Å². The summed E-state index contributed by atoms with van der Waals surface area (Å²) in [5.41, 5.74) is 17.9. The Bertz CT molecular complexity index is 7400. The van der Waals surface area contributed by atoms with E-state index in [1.165, 1.54) is 53.0 Å². The van der Waals surface area contributed by atoms with Gasteiger partial charge in [-0.3, -0.25) is 0 Å². The van der Waals surface area contributed by atoms with Gasteiger partial charge >= 0.3 is 0 Å². The van der Waals surface area contributed by atoms with E-state index in [1.54, 1.807) is 6.33 Å². The summed E-state index contributed by atoms with van der Waals surface area (Å²) >= 11 is 0. The normalized spacial score (nSPS) is 12.2. The van der Waals surface area contributed by atoms with E-state index in [1.807, 2.05) is 47.3 Å². The monoisotopic (exact) mass is 1950 g/mol. The number of aryl methyl sites for hydroxylation is 1. The fraction of sp³-hybridized carbons (Fsp3) is 0.0642. The van der Waals surface area contributed by atoms with Crippen molar-refractivity contribution in [2.45, 2.75) is 39.5 Å². The van der Waals surface area contributed by atoms with Crippen LogP contribution in [0.4, 0.5) is 0 Å². The number of nitrogens with zero attached hydrogens (tertiary/aromatic N) is 8. The topological polar surface area (TPSA) is 55.4 Å². The largest absolute Gasteiger partial charge is 0.319 e. The maximum absolute atomic E-state index is 8.35. The average molecular weight is 1960 g/mol. The second-order valence-corrected chi connectivity index (χ2v) is 38.6. The van der Waals surface area contributed by atoms with Gasteiger partial charge in [-0.1, -0.05) is 275 Å². The maximum atomic E-state index is 8.35. The van der Waals surface area contributed by atoms with Crippen LogP contribution < -0.4 is 41.5 Å². The Kier molecular flexibility index (Phi) is 21.0. The van der Waals surface area contributed by atoms with Gasteiger partial charge < -0.3 is 9.13 Å². The number of hydrogen-bond donors (Lipinski definition) is 0. The van der Waals surface area contributed by atoms with Gasteiger partial charge in [-0.25, -0.2) is 23.7 Å². The summed E-state index contributed by atoms with van der Waals surface area (Å²) in [7, 11) is -6.34. The van der Waals surface area contributed by atoms with Crippen LogP contribution in [0.5, 0.6) is 0 Å². The molecule has 0 aliphatic heterocycles. The van der Waals surface area contributed by atoms with E-state index in [2.05, 4.69) is 428 Å². The number of pyridine rings is 2. The molecule has 15 aromatic carbocycles. The summed E-state index contributed by atoms with van der Waals surface area (Å²) < 4.78 is 37.5. The Morgan fingerprint density at radius 1 is 0.306 bits per heavy atom. The van der Waals surface area contributed by atoms with Crippen LogP contribution in [-0.4, -0.2) is 53.5 Å². The number of fused-ring (bicyclic) bond motifs is 8. The van der Waals surface area contributed by atoms with Crippen LogP contribution in [0.25, 0.3) is 117 Å². The van der Waals surface area contributed by atoms with Crippen LogP contribution in [0.3, 0.4) is 0 Å². The van der Waals surface area contributed by atoms with E-state index < -0.39 is 23.1 Å². The Labute approximate surface area is 741 Å². The molecule has 0 fully saturated rings. The molecule has 21 rings (SSSR count). The molecule has 0 amide bonds. The van der Waals surface area contributed by atoms with E-state index in [4.69, 9.17) is 14.1 Å². The molecule has 0 saturated carbocycles. The molecular weight excluding hydrogens is 1870 g/mol. The van der Waals surface area contributed by atoms with Crippen LogP contribution in [0.2, 0.25) is 0 Å². The summed E-state index contributed by atoms with van der Waals surface area (Å²) in [5, 5.41) is 13.8. The first-order valence-corrected chi connectivity index (χ1v) is 44.7. The first-order valence-electron chi connectivity index (χ1n) is 42.2. The van der Waals surface area contributed by atoms with Crippen molar-refractivity contribution in [2.75, 3.05) is 0 Å². The minimum atomic E-state index is -3.21. The van der Waals surface area contributed by atoms with Gasteiger partial charge in [-0.05, 0) is 137 Å². The Morgan fingerprint density at radius 3 is 1.07 bits per heavy atom. The average Bonchev–Trinajstić information content (AvgIpc) is 1.30. The zero-order valence-electron chi connectivity index (χ0n) is 70.0. The number of para-hydroxylation sites is 7. The molecule has 0 atom stereocenters. The summed E-state index contributed by atoms with van der Waals surface area (Å²) in [4.78, 5) is 10.1. The van der Waals surface area contributed by atoms with E-state index in [0.717, 1.165) is 115 Å². The molecule has 6 heterocycles. The van der Waals surface area contributed by atoms with Crippen molar-refractivity contribution < 1.29 is 46.2 Å². The molecule has 21 aromatic rings. The molecule has 8 nitrogen and oxygen atoms in total. The van der Waals surface area contributed by atoms with Crippen molar-refractivity contribution in [3.63, 3.8) is 0 Å². The van der Waals surface area contributed by atoms with Gasteiger partial charge in [0, 0.05) is 112 Å². The Morgan fingerprint density at radius 2 is 0.653 bits per heavy atom. The van der Waals surface area contributed by atoms with Crippen molar-refractivity contribution in [1.29, 1.82) is 0 Å². The first-order chi connectivity index (χ1) is 59.8. The van der Waals surface area contributed by atoms with Crippen molar-refractivity contribution in [1.82, 2.24) is 37.4 Å². The fourth-order valence-electron chi connectivity index (χ4n) is 18.3. The quantitative estimate of drug-likeness (QED) is 0.0518. The Balaban J connectivity index is 0.000000166. The number of benzene rings is 15. The minimum absolute atomic E-state index is 0. The van der Waals surface area contributed by atoms with E-state index >= 15 is 0 Å². The SMILES string of the molecule is CC(C)c1ccccc1-c1ccnc(-n2c3[c-]c([Si](c4[c-]c(-n5[cH+]n(-c6ccccc6)c6ccccc65)ccc4)(c4ccccc4)c4ccccc4)ccc3c3ccccc32)c1.[2H]C([2H])([2H])n1[cH+]n(-c2[c-]c([Si](c3[c-]c4c(cc3)c3ccccc3n4-c3cc(-c4ccccc4C(C)C)ccn3)(c3ccccc3)c3ccccc3)ccc2)c2ccccc21.[Pt].[Pt]. The number of aromatic nitrogens is 8. The van der Waals surface area contributed by atoms with Crippen molar-refractivity contribution >= 4 is 123 Å². The predicted molar refractivity (Wildman–Crippen MR) is 500 cm³/mol. The minimum Gasteiger partial charge on any atom is -0.319 e. The van der Waals surface area contributed by atoms with Gasteiger partial charge in [0.05, 0.1) is 0 Å². The Hall–Kier alpha value is -13.0. The van der Waals surface area contributed by atoms with Gasteiger partial charge in [-0.15, -0.1) is 40.2 Å². The maximum Gasteiger partial charge on any atom is 0.188 e. The number of hydrogen-bond acceptors (Lipinski definition) is 2. The van der Waals surface area contributed by atoms with Crippen LogP contribution in [-0.2, 0) is 49.1 Å². The molecule has 590 valence electrons. The molecule has 121 heavy (non-hydrogen) atoms. The summed E-state index contributed by atoms with van der Waals surface area (Å²) in [6.45, 7) is 6.64.